The van der Waals surface area contributed by atoms with E-state index >= 15 is 0 Å². The summed E-state index contributed by atoms with van der Waals surface area (Å²) >= 11 is 1.56. The van der Waals surface area contributed by atoms with E-state index in [1.54, 1.807) is 16.8 Å². The van der Waals surface area contributed by atoms with Crippen LogP contribution in [0.3, 0.4) is 0 Å². The van der Waals surface area contributed by atoms with Crippen LogP contribution in [0.4, 0.5) is 0 Å². The maximum absolute atomic E-state index is 11.8. The molecule has 18 heavy (non-hydrogen) atoms. The molecule has 0 aliphatic carbocycles. The lowest BCUT2D eigenvalue weighted by atomic mass is 9.85. The molecule has 1 aromatic rings. The predicted octanol–water partition coefficient (Wildman–Crippen LogP) is 1.79. The number of carbonyl (C=O) groups excluding carboxylic acids is 1. The Morgan fingerprint density at radius 1 is 1.72 bits per heavy atom. The van der Waals surface area contributed by atoms with E-state index in [9.17, 15) is 4.79 Å². The molecule has 4 nitrogen and oxygen atoms in total. The van der Waals surface area contributed by atoms with Gasteiger partial charge in [-0.3, -0.25) is 4.79 Å². The number of rotatable bonds is 5. The summed E-state index contributed by atoms with van der Waals surface area (Å²) in [6, 6.07) is 0. The minimum absolute atomic E-state index is 0.140. The number of aromatic nitrogens is 1. The van der Waals surface area contributed by atoms with Crippen molar-refractivity contribution in [2.75, 3.05) is 13.1 Å². The molecule has 2 unspecified atom stereocenters. The molecule has 1 aromatic heterocycles. The molecule has 1 aliphatic rings. The van der Waals surface area contributed by atoms with Crippen LogP contribution in [0.1, 0.15) is 31.9 Å². The van der Waals surface area contributed by atoms with E-state index in [0.29, 0.717) is 24.8 Å². The summed E-state index contributed by atoms with van der Waals surface area (Å²) in [7, 11) is 0. The average Bonchev–Trinajstić information content (AvgIpc) is 2.90. The molecule has 0 saturated carbocycles. The quantitative estimate of drug-likeness (QED) is 0.855. The van der Waals surface area contributed by atoms with E-state index < -0.39 is 0 Å². The second-order valence-corrected chi connectivity index (χ2v) is 5.76. The summed E-state index contributed by atoms with van der Waals surface area (Å²) in [5.74, 6) is 1.23. The molecule has 2 heterocycles. The number of hydrogen-bond acceptors (Lipinski definition) is 4. The van der Waals surface area contributed by atoms with Crippen LogP contribution in [0, 0.1) is 11.8 Å². The number of nitrogens with one attached hydrogen (secondary N) is 2. The van der Waals surface area contributed by atoms with Crippen molar-refractivity contribution in [3.8, 4) is 0 Å². The first kappa shape index (κ1) is 13.5. The lowest BCUT2D eigenvalue weighted by Gasteiger charge is -2.27. The minimum atomic E-state index is 0.140. The molecule has 1 saturated heterocycles. The van der Waals surface area contributed by atoms with Crippen molar-refractivity contribution in [3.63, 3.8) is 0 Å². The highest BCUT2D eigenvalue weighted by atomic mass is 32.1. The molecule has 0 radical (unpaired) electrons. The summed E-state index contributed by atoms with van der Waals surface area (Å²) < 4.78 is 0. The van der Waals surface area contributed by atoms with Crippen molar-refractivity contribution in [2.45, 2.75) is 32.7 Å². The van der Waals surface area contributed by atoms with Gasteiger partial charge in [0, 0.05) is 11.8 Å². The molecule has 1 aliphatic heterocycles. The summed E-state index contributed by atoms with van der Waals surface area (Å²) in [4.78, 5) is 16.0. The summed E-state index contributed by atoms with van der Waals surface area (Å²) in [5.41, 5.74) is 2.73. The Hall–Kier alpha value is -0.940. The van der Waals surface area contributed by atoms with Crippen LogP contribution in [-0.2, 0) is 11.3 Å². The van der Waals surface area contributed by atoms with Gasteiger partial charge in [0.2, 0.25) is 5.91 Å². The molecule has 1 fully saturated rings. The highest BCUT2D eigenvalue weighted by Gasteiger charge is 2.21. The minimum Gasteiger partial charge on any atom is -0.350 e. The van der Waals surface area contributed by atoms with Crippen LogP contribution >= 0.6 is 11.3 Å². The third-order valence-corrected chi connectivity index (χ3v) is 4.23. The normalized spacial score (nSPS) is 21.5. The van der Waals surface area contributed by atoms with Crippen molar-refractivity contribution in [3.05, 3.63) is 16.6 Å². The third-order valence-electron chi connectivity index (χ3n) is 3.60. The summed E-state index contributed by atoms with van der Waals surface area (Å²) in [6.45, 7) is 4.91. The molecule has 5 heteroatoms. The topological polar surface area (TPSA) is 54.0 Å². The number of carbonyl (C=O) groups is 1. The SMILES string of the molecule is CC(CC(=O)NCc1cscn1)C1CCCNC1. The van der Waals surface area contributed by atoms with Crippen LogP contribution in [0.15, 0.2) is 10.9 Å². The maximum atomic E-state index is 11.8. The smallest absolute Gasteiger partial charge is 0.220 e. The first-order chi connectivity index (χ1) is 8.75. The lowest BCUT2D eigenvalue weighted by molar-refractivity contribution is -0.122. The highest BCUT2D eigenvalue weighted by molar-refractivity contribution is 7.07. The zero-order chi connectivity index (χ0) is 12.8. The zero-order valence-electron chi connectivity index (χ0n) is 10.8. The molecule has 0 bridgehead atoms. The van der Waals surface area contributed by atoms with E-state index in [4.69, 9.17) is 0 Å². The fraction of sp³-hybridized carbons (Fsp3) is 0.692. The van der Waals surface area contributed by atoms with Gasteiger partial charge in [0.25, 0.3) is 0 Å². The highest BCUT2D eigenvalue weighted by Crippen LogP contribution is 2.22. The van der Waals surface area contributed by atoms with Crippen molar-refractivity contribution in [1.29, 1.82) is 0 Å². The van der Waals surface area contributed by atoms with Gasteiger partial charge in [-0.25, -0.2) is 4.98 Å². The molecule has 0 aromatic carbocycles. The first-order valence-electron chi connectivity index (χ1n) is 6.60. The van der Waals surface area contributed by atoms with E-state index in [-0.39, 0.29) is 5.91 Å². The van der Waals surface area contributed by atoms with Crippen LogP contribution in [0.5, 0.6) is 0 Å². The predicted molar refractivity (Wildman–Crippen MR) is 73.3 cm³/mol. The fourth-order valence-corrected chi connectivity index (χ4v) is 2.97. The molecular weight excluding hydrogens is 246 g/mol. The Morgan fingerprint density at radius 2 is 2.61 bits per heavy atom. The second kappa shape index (κ2) is 6.85. The van der Waals surface area contributed by atoms with Gasteiger partial charge in [-0.2, -0.15) is 0 Å². The van der Waals surface area contributed by atoms with Gasteiger partial charge in [-0.15, -0.1) is 11.3 Å². The Balaban J connectivity index is 1.69. The van der Waals surface area contributed by atoms with E-state index in [2.05, 4.69) is 22.5 Å². The van der Waals surface area contributed by atoms with E-state index in [1.807, 2.05) is 5.38 Å². The van der Waals surface area contributed by atoms with Gasteiger partial charge in [-0.05, 0) is 37.8 Å². The van der Waals surface area contributed by atoms with Crippen LogP contribution in [0.2, 0.25) is 0 Å². The van der Waals surface area contributed by atoms with Gasteiger partial charge in [-0.1, -0.05) is 6.92 Å². The summed E-state index contributed by atoms with van der Waals surface area (Å²) in [6.07, 6.45) is 3.10. The van der Waals surface area contributed by atoms with Gasteiger partial charge in [0.1, 0.15) is 0 Å². The second-order valence-electron chi connectivity index (χ2n) is 5.04. The lowest BCUT2D eigenvalue weighted by Crippen LogP contribution is -2.35. The Morgan fingerprint density at radius 3 is 3.28 bits per heavy atom. The Kier molecular flexibility index (Phi) is 5.13. The molecular formula is C13H21N3OS. The third kappa shape index (κ3) is 4.07. The first-order valence-corrected chi connectivity index (χ1v) is 7.54. The van der Waals surface area contributed by atoms with Crippen molar-refractivity contribution in [1.82, 2.24) is 15.6 Å². The van der Waals surface area contributed by atoms with Gasteiger partial charge >= 0.3 is 0 Å². The number of piperidine rings is 1. The van der Waals surface area contributed by atoms with E-state index in [1.165, 1.54) is 12.8 Å². The monoisotopic (exact) mass is 267 g/mol. The Bertz CT molecular complexity index is 360. The van der Waals surface area contributed by atoms with Gasteiger partial charge < -0.3 is 10.6 Å². The van der Waals surface area contributed by atoms with Gasteiger partial charge in [0.05, 0.1) is 17.7 Å². The average molecular weight is 267 g/mol. The van der Waals surface area contributed by atoms with Gasteiger partial charge in [0.15, 0.2) is 0 Å². The fourth-order valence-electron chi connectivity index (χ4n) is 2.41. The molecule has 1 amide bonds. The Labute approximate surface area is 112 Å². The van der Waals surface area contributed by atoms with E-state index in [0.717, 1.165) is 18.8 Å². The van der Waals surface area contributed by atoms with Crippen LogP contribution in [-0.4, -0.2) is 24.0 Å². The maximum Gasteiger partial charge on any atom is 0.220 e. The molecule has 100 valence electrons. The number of thiazole rings is 1. The standard InChI is InChI=1S/C13H21N3OS/c1-10(11-3-2-4-14-6-11)5-13(17)15-7-12-8-18-9-16-12/h8-11,14H,2-7H2,1H3,(H,15,17). The largest absolute Gasteiger partial charge is 0.350 e. The molecule has 2 atom stereocenters. The molecule has 0 spiro atoms. The summed E-state index contributed by atoms with van der Waals surface area (Å²) in [5, 5.41) is 8.31. The van der Waals surface area contributed by atoms with Crippen molar-refractivity contribution in [2.24, 2.45) is 11.8 Å². The zero-order valence-corrected chi connectivity index (χ0v) is 11.6. The van der Waals surface area contributed by atoms with Crippen LogP contribution < -0.4 is 10.6 Å². The number of nitrogens with zero attached hydrogens (tertiary/aromatic N) is 1. The molecule has 2 rings (SSSR count). The number of hydrogen-bond donors (Lipinski definition) is 2. The van der Waals surface area contributed by atoms with Crippen molar-refractivity contribution < 1.29 is 4.79 Å². The van der Waals surface area contributed by atoms with Crippen molar-refractivity contribution >= 4 is 17.2 Å². The molecule has 2 N–H and O–H groups in total. The van der Waals surface area contributed by atoms with Crippen LogP contribution in [0.25, 0.3) is 0 Å². The number of amides is 1.